The quantitative estimate of drug-likeness (QED) is 0.776. The van der Waals surface area contributed by atoms with Gasteiger partial charge in [-0.25, -0.2) is 0 Å². The molecule has 2 aliphatic heterocycles. The third kappa shape index (κ3) is 3.10. The second-order valence-corrected chi connectivity index (χ2v) is 7.78. The van der Waals surface area contributed by atoms with Gasteiger partial charge in [0.15, 0.2) is 0 Å². The number of hydrogen-bond donors (Lipinski definition) is 0. The van der Waals surface area contributed by atoms with Gasteiger partial charge in [-0.1, -0.05) is 17.7 Å². The number of nitrogens with zero attached hydrogens (tertiary/aromatic N) is 3. The molecular formula is C19H24ClN3O2. The highest BCUT2D eigenvalue weighted by Crippen LogP contribution is 2.49. The Bertz CT molecular complexity index is 675. The van der Waals surface area contributed by atoms with Gasteiger partial charge in [0.25, 0.3) is 0 Å². The first kappa shape index (κ1) is 16.7. The largest absolute Gasteiger partial charge is 0.368 e. The first-order valence-corrected chi connectivity index (χ1v) is 9.57. The maximum atomic E-state index is 13.0. The first-order chi connectivity index (χ1) is 12.1. The van der Waals surface area contributed by atoms with Crippen molar-refractivity contribution in [3.8, 4) is 0 Å². The van der Waals surface area contributed by atoms with Gasteiger partial charge >= 0.3 is 0 Å². The van der Waals surface area contributed by atoms with Crippen LogP contribution in [-0.2, 0) is 9.59 Å². The smallest absolute Gasteiger partial charge is 0.238 e. The van der Waals surface area contributed by atoms with E-state index >= 15 is 0 Å². The van der Waals surface area contributed by atoms with E-state index in [2.05, 4.69) is 4.90 Å². The Morgan fingerprint density at radius 2 is 1.48 bits per heavy atom. The Morgan fingerprint density at radius 1 is 0.880 bits per heavy atom. The normalized spacial score (nSPS) is 22.2. The number of carbonyl (C=O) groups excluding carboxylic acids is 2. The second-order valence-electron chi connectivity index (χ2n) is 7.34. The lowest BCUT2D eigenvalue weighted by Gasteiger charge is -2.38. The lowest BCUT2D eigenvalue weighted by molar-refractivity contribution is -0.149. The number of benzene rings is 1. The Morgan fingerprint density at radius 3 is 2.04 bits per heavy atom. The molecule has 3 fully saturated rings. The average Bonchev–Trinajstić information content (AvgIpc) is 3.27. The van der Waals surface area contributed by atoms with Crippen molar-refractivity contribution < 1.29 is 9.59 Å². The molecule has 1 aliphatic carbocycles. The van der Waals surface area contributed by atoms with Gasteiger partial charge in [-0.05, 0) is 43.9 Å². The summed E-state index contributed by atoms with van der Waals surface area (Å²) in [6, 6.07) is 7.82. The molecule has 2 saturated heterocycles. The summed E-state index contributed by atoms with van der Waals surface area (Å²) in [6.07, 6.45) is 3.56. The van der Waals surface area contributed by atoms with Gasteiger partial charge in [0.05, 0.1) is 0 Å². The highest BCUT2D eigenvalue weighted by molar-refractivity contribution is 6.30. The van der Waals surface area contributed by atoms with Crippen molar-refractivity contribution in [2.24, 2.45) is 5.41 Å². The molecule has 1 aromatic rings. The standard InChI is InChI=1S/C19H24ClN3O2/c20-15-4-3-5-16(14-15)21-10-12-23(13-11-21)18(25)19(6-7-19)17(24)22-8-1-2-9-22/h3-5,14H,1-2,6-13H2. The molecule has 134 valence electrons. The Labute approximate surface area is 153 Å². The number of amides is 2. The Kier molecular flexibility index (Phi) is 4.36. The first-order valence-electron chi connectivity index (χ1n) is 9.19. The zero-order valence-corrected chi connectivity index (χ0v) is 15.2. The van der Waals surface area contributed by atoms with Gasteiger partial charge in [0.2, 0.25) is 11.8 Å². The van der Waals surface area contributed by atoms with Crippen molar-refractivity contribution in [3.63, 3.8) is 0 Å². The number of likely N-dealkylation sites (tertiary alicyclic amines) is 1. The predicted molar refractivity (Wildman–Crippen MR) is 97.7 cm³/mol. The van der Waals surface area contributed by atoms with Gasteiger partial charge in [0, 0.05) is 50.0 Å². The zero-order valence-electron chi connectivity index (χ0n) is 14.4. The number of carbonyl (C=O) groups is 2. The molecule has 3 aliphatic rings. The fourth-order valence-corrected chi connectivity index (χ4v) is 4.19. The van der Waals surface area contributed by atoms with Crippen LogP contribution in [0.15, 0.2) is 24.3 Å². The van der Waals surface area contributed by atoms with Crippen molar-refractivity contribution >= 4 is 29.1 Å². The SMILES string of the molecule is O=C(N1CCCC1)C1(C(=O)N2CCN(c3cccc(Cl)c3)CC2)CC1. The summed E-state index contributed by atoms with van der Waals surface area (Å²) in [6.45, 7) is 4.52. The van der Waals surface area contributed by atoms with Crippen molar-refractivity contribution in [2.75, 3.05) is 44.2 Å². The van der Waals surface area contributed by atoms with Crippen LogP contribution in [0.3, 0.4) is 0 Å². The molecule has 0 spiro atoms. The summed E-state index contributed by atoms with van der Waals surface area (Å²) in [5, 5.41) is 0.726. The topological polar surface area (TPSA) is 43.9 Å². The minimum atomic E-state index is -0.734. The summed E-state index contributed by atoms with van der Waals surface area (Å²) >= 11 is 6.07. The summed E-state index contributed by atoms with van der Waals surface area (Å²) < 4.78 is 0. The minimum absolute atomic E-state index is 0.0511. The second kappa shape index (κ2) is 6.52. The molecule has 0 aromatic heterocycles. The van der Waals surface area contributed by atoms with E-state index in [9.17, 15) is 9.59 Å². The van der Waals surface area contributed by atoms with Crippen LogP contribution in [0, 0.1) is 5.41 Å². The molecule has 0 radical (unpaired) electrons. The van der Waals surface area contributed by atoms with E-state index in [-0.39, 0.29) is 11.8 Å². The number of piperazine rings is 1. The van der Waals surface area contributed by atoms with Crippen LogP contribution >= 0.6 is 11.6 Å². The van der Waals surface area contributed by atoms with Crippen LogP contribution in [-0.4, -0.2) is 60.9 Å². The number of anilines is 1. The van der Waals surface area contributed by atoms with Gasteiger partial charge in [0.1, 0.15) is 5.41 Å². The van der Waals surface area contributed by atoms with Crippen LogP contribution < -0.4 is 4.90 Å². The maximum Gasteiger partial charge on any atom is 0.238 e. The third-order valence-electron chi connectivity index (χ3n) is 5.70. The molecule has 0 N–H and O–H groups in total. The number of hydrogen-bond acceptors (Lipinski definition) is 3. The fraction of sp³-hybridized carbons (Fsp3) is 0.579. The van der Waals surface area contributed by atoms with E-state index in [1.165, 1.54) is 0 Å². The van der Waals surface area contributed by atoms with Crippen molar-refractivity contribution in [3.05, 3.63) is 29.3 Å². The van der Waals surface area contributed by atoms with Gasteiger partial charge < -0.3 is 14.7 Å². The van der Waals surface area contributed by atoms with E-state index in [4.69, 9.17) is 11.6 Å². The highest BCUT2D eigenvalue weighted by atomic mass is 35.5. The van der Waals surface area contributed by atoms with Crippen LogP contribution in [0.1, 0.15) is 25.7 Å². The third-order valence-corrected chi connectivity index (χ3v) is 5.94. The highest BCUT2D eigenvalue weighted by Gasteiger charge is 2.59. The summed E-state index contributed by atoms with van der Waals surface area (Å²) in [5.41, 5.74) is 0.358. The Balaban J connectivity index is 1.39. The van der Waals surface area contributed by atoms with Crippen LogP contribution in [0.25, 0.3) is 0 Å². The van der Waals surface area contributed by atoms with Gasteiger partial charge in [-0.15, -0.1) is 0 Å². The van der Waals surface area contributed by atoms with E-state index < -0.39 is 5.41 Å². The van der Waals surface area contributed by atoms with Gasteiger partial charge in [-0.2, -0.15) is 0 Å². The molecule has 5 nitrogen and oxygen atoms in total. The molecule has 4 rings (SSSR count). The monoisotopic (exact) mass is 361 g/mol. The van der Waals surface area contributed by atoms with Crippen molar-refractivity contribution in [1.82, 2.24) is 9.80 Å². The molecule has 1 aromatic carbocycles. The molecule has 0 bridgehead atoms. The van der Waals surface area contributed by atoms with Crippen molar-refractivity contribution in [2.45, 2.75) is 25.7 Å². The van der Waals surface area contributed by atoms with Crippen LogP contribution in [0.5, 0.6) is 0 Å². The molecule has 2 amide bonds. The van der Waals surface area contributed by atoms with E-state index in [0.717, 1.165) is 62.6 Å². The van der Waals surface area contributed by atoms with Crippen LogP contribution in [0.4, 0.5) is 5.69 Å². The summed E-state index contributed by atoms with van der Waals surface area (Å²) in [5.74, 6) is 0.127. The molecular weight excluding hydrogens is 338 g/mol. The van der Waals surface area contributed by atoms with E-state index in [1.54, 1.807) is 0 Å². The predicted octanol–water partition coefficient (Wildman–Crippen LogP) is 2.39. The molecule has 0 unspecified atom stereocenters. The molecule has 0 atom stereocenters. The minimum Gasteiger partial charge on any atom is -0.368 e. The molecule has 25 heavy (non-hydrogen) atoms. The lowest BCUT2D eigenvalue weighted by atomic mass is 10.0. The zero-order chi connectivity index (χ0) is 17.4. The van der Waals surface area contributed by atoms with Crippen LogP contribution in [0.2, 0.25) is 5.02 Å². The number of halogens is 1. The maximum absolute atomic E-state index is 13.0. The average molecular weight is 362 g/mol. The number of rotatable bonds is 3. The van der Waals surface area contributed by atoms with Gasteiger partial charge in [-0.3, -0.25) is 9.59 Å². The molecule has 2 heterocycles. The summed E-state index contributed by atoms with van der Waals surface area (Å²) in [4.78, 5) is 31.8. The molecule has 1 saturated carbocycles. The lowest BCUT2D eigenvalue weighted by Crippen LogP contribution is -2.53. The Hall–Kier alpha value is -1.75. The van der Waals surface area contributed by atoms with E-state index in [1.807, 2.05) is 34.1 Å². The summed E-state index contributed by atoms with van der Waals surface area (Å²) in [7, 11) is 0. The van der Waals surface area contributed by atoms with Crippen molar-refractivity contribution in [1.29, 1.82) is 0 Å². The van der Waals surface area contributed by atoms with E-state index in [0.29, 0.717) is 13.1 Å². The fourth-order valence-electron chi connectivity index (χ4n) is 4.01. The molecule has 6 heteroatoms.